The van der Waals surface area contributed by atoms with Gasteiger partial charge in [-0.2, -0.15) is 0 Å². The fourth-order valence-electron chi connectivity index (χ4n) is 3.82. The topological polar surface area (TPSA) is 79.7 Å². The van der Waals surface area contributed by atoms with Crippen LogP contribution in [-0.2, 0) is 9.59 Å². The normalized spacial score (nSPS) is 17.8. The van der Waals surface area contributed by atoms with Crippen LogP contribution in [0.1, 0.15) is 28.3 Å². The highest BCUT2D eigenvalue weighted by Gasteiger charge is 2.47. The van der Waals surface area contributed by atoms with E-state index in [4.69, 9.17) is 4.74 Å². The average Bonchev–Trinajstić information content (AvgIpc) is 3.06. The molecule has 156 valence electrons. The van der Waals surface area contributed by atoms with Crippen molar-refractivity contribution in [2.45, 2.75) is 19.9 Å². The number of ketones is 1. The van der Waals surface area contributed by atoms with Crippen molar-refractivity contribution < 1.29 is 19.4 Å². The van der Waals surface area contributed by atoms with Gasteiger partial charge in [0.2, 0.25) is 0 Å². The third kappa shape index (κ3) is 3.46. The number of rotatable bonds is 4. The van der Waals surface area contributed by atoms with Crippen LogP contribution in [0.25, 0.3) is 5.76 Å². The van der Waals surface area contributed by atoms with Crippen LogP contribution in [0.15, 0.2) is 72.6 Å². The van der Waals surface area contributed by atoms with E-state index in [1.807, 2.05) is 26.0 Å². The fourth-order valence-corrected chi connectivity index (χ4v) is 3.82. The number of amides is 1. The zero-order valence-corrected chi connectivity index (χ0v) is 17.5. The van der Waals surface area contributed by atoms with Gasteiger partial charge in [-0.05, 0) is 60.9 Å². The lowest BCUT2D eigenvalue weighted by molar-refractivity contribution is -0.132. The van der Waals surface area contributed by atoms with Gasteiger partial charge in [0.15, 0.2) is 0 Å². The first-order chi connectivity index (χ1) is 14.9. The highest BCUT2D eigenvalue weighted by molar-refractivity contribution is 6.51. The first-order valence-corrected chi connectivity index (χ1v) is 9.85. The van der Waals surface area contributed by atoms with Crippen LogP contribution in [0.2, 0.25) is 0 Å². The maximum atomic E-state index is 13.2. The molecule has 6 nitrogen and oxygen atoms in total. The molecule has 0 bridgehead atoms. The summed E-state index contributed by atoms with van der Waals surface area (Å²) in [5.74, 6) is -1.23. The Morgan fingerprint density at radius 2 is 1.71 bits per heavy atom. The Morgan fingerprint density at radius 3 is 2.39 bits per heavy atom. The van der Waals surface area contributed by atoms with Gasteiger partial charge in [0.25, 0.3) is 11.7 Å². The summed E-state index contributed by atoms with van der Waals surface area (Å²) in [5, 5.41) is 11.2. The van der Waals surface area contributed by atoms with Crippen LogP contribution in [0, 0.1) is 13.8 Å². The molecule has 0 aliphatic carbocycles. The van der Waals surface area contributed by atoms with E-state index >= 15 is 0 Å². The number of anilines is 1. The van der Waals surface area contributed by atoms with Crippen molar-refractivity contribution in [2.24, 2.45) is 0 Å². The van der Waals surface area contributed by atoms with Crippen LogP contribution in [0.5, 0.6) is 5.75 Å². The third-order valence-electron chi connectivity index (χ3n) is 5.59. The van der Waals surface area contributed by atoms with Gasteiger partial charge in [-0.3, -0.25) is 19.5 Å². The second-order valence-corrected chi connectivity index (χ2v) is 7.42. The molecule has 1 aliphatic rings. The highest BCUT2D eigenvalue weighted by Crippen LogP contribution is 2.44. The van der Waals surface area contributed by atoms with Crippen LogP contribution >= 0.6 is 0 Å². The van der Waals surface area contributed by atoms with Crippen LogP contribution < -0.4 is 9.64 Å². The fraction of sp³-hybridized carbons (Fsp3) is 0.160. The number of methoxy groups -OCH3 is 1. The van der Waals surface area contributed by atoms with Crippen molar-refractivity contribution in [1.82, 2.24) is 4.98 Å². The number of aryl methyl sites for hydroxylation is 2. The number of aromatic nitrogens is 1. The van der Waals surface area contributed by atoms with Crippen LogP contribution in [-0.4, -0.2) is 28.9 Å². The molecule has 2 heterocycles. The Labute approximate surface area is 180 Å². The molecule has 1 atom stereocenters. The quantitative estimate of drug-likeness (QED) is 0.390. The molecule has 31 heavy (non-hydrogen) atoms. The van der Waals surface area contributed by atoms with Gasteiger partial charge in [0.05, 0.1) is 24.4 Å². The van der Waals surface area contributed by atoms with Crippen molar-refractivity contribution in [3.63, 3.8) is 0 Å². The Morgan fingerprint density at radius 1 is 1.00 bits per heavy atom. The van der Waals surface area contributed by atoms with Crippen molar-refractivity contribution in [3.8, 4) is 5.75 Å². The number of aliphatic hydroxyl groups is 1. The average molecular weight is 414 g/mol. The van der Waals surface area contributed by atoms with E-state index in [9.17, 15) is 14.7 Å². The van der Waals surface area contributed by atoms with Gasteiger partial charge in [-0.1, -0.05) is 24.3 Å². The molecule has 0 spiro atoms. The van der Waals surface area contributed by atoms with Crippen molar-refractivity contribution in [2.75, 3.05) is 12.0 Å². The SMILES string of the molecule is COc1ccccc1N1C(=O)C(=O)/C(=C(\O)c2ccc(C)c(C)c2)C1c1ccncc1. The Balaban J connectivity index is 1.97. The lowest BCUT2D eigenvalue weighted by atomic mass is 9.94. The molecule has 4 rings (SSSR count). The molecule has 1 saturated heterocycles. The van der Waals surface area contributed by atoms with Crippen molar-refractivity contribution in [3.05, 3.63) is 94.8 Å². The van der Waals surface area contributed by atoms with E-state index in [0.29, 0.717) is 22.6 Å². The molecule has 2 aromatic carbocycles. The second kappa shape index (κ2) is 8.07. The van der Waals surface area contributed by atoms with E-state index < -0.39 is 17.7 Å². The lowest BCUT2D eigenvalue weighted by Gasteiger charge is -2.26. The summed E-state index contributed by atoms with van der Waals surface area (Å²) in [6.07, 6.45) is 3.18. The van der Waals surface area contributed by atoms with E-state index in [1.54, 1.807) is 54.9 Å². The summed E-state index contributed by atoms with van der Waals surface area (Å²) >= 11 is 0. The minimum atomic E-state index is -0.819. The number of hydrogen-bond acceptors (Lipinski definition) is 5. The molecule has 3 aromatic rings. The van der Waals surface area contributed by atoms with Gasteiger partial charge in [-0.25, -0.2) is 0 Å². The number of hydrogen-bond donors (Lipinski definition) is 1. The zero-order chi connectivity index (χ0) is 22.1. The Bertz CT molecular complexity index is 1200. The molecule has 6 heteroatoms. The van der Waals surface area contributed by atoms with Crippen molar-refractivity contribution >= 4 is 23.1 Å². The summed E-state index contributed by atoms with van der Waals surface area (Å²) in [6.45, 7) is 3.90. The van der Waals surface area contributed by atoms with Crippen LogP contribution in [0.4, 0.5) is 5.69 Å². The minimum Gasteiger partial charge on any atom is -0.507 e. The molecule has 1 unspecified atom stereocenters. The van der Waals surface area contributed by atoms with Gasteiger partial charge >= 0.3 is 0 Å². The lowest BCUT2D eigenvalue weighted by Crippen LogP contribution is -2.29. The summed E-state index contributed by atoms with van der Waals surface area (Å²) in [4.78, 5) is 31.8. The number of carbonyl (C=O) groups is 2. The number of ether oxygens (including phenoxy) is 1. The number of Topliss-reactive ketones (excluding diaryl/α,β-unsaturated/α-hetero) is 1. The maximum absolute atomic E-state index is 13.2. The molecular weight excluding hydrogens is 392 g/mol. The molecule has 1 N–H and O–H groups in total. The van der Waals surface area contributed by atoms with Gasteiger partial charge in [-0.15, -0.1) is 0 Å². The first kappa shape index (κ1) is 20.3. The monoisotopic (exact) mass is 414 g/mol. The summed E-state index contributed by atoms with van der Waals surface area (Å²) in [7, 11) is 1.51. The smallest absolute Gasteiger partial charge is 0.300 e. The standard InChI is InChI=1S/C25H22N2O4/c1-15-8-9-18(14-16(15)2)23(28)21-22(17-10-12-26-13-11-17)27(25(30)24(21)29)19-6-4-5-7-20(19)31-3/h4-14,22,28H,1-3H3/b23-21-. The number of nitrogens with zero attached hydrogens (tertiary/aromatic N) is 2. The molecule has 0 radical (unpaired) electrons. The van der Waals surface area contributed by atoms with Crippen molar-refractivity contribution in [1.29, 1.82) is 0 Å². The summed E-state index contributed by atoms with van der Waals surface area (Å²) in [6, 6.07) is 15.1. The zero-order valence-electron chi connectivity index (χ0n) is 17.5. The number of pyridine rings is 1. The van der Waals surface area contributed by atoms with Gasteiger partial charge in [0, 0.05) is 18.0 Å². The molecule has 0 saturated carbocycles. The number of aliphatic hydroxyl groups excluding tert-OH is 1. The number of benzene rings is 2. The Hall–Kier alpha value is -3.93. The molecular formula is C25H22N2O4. The largest absolute Gasteiger partial charge is 0.507 e. The Kier molecular flexibility index (Phi) is 5.29. The maximum Gasteiger partial charge on any atom is 0.300 e. The van der Waals surface area contributed by atoms with Gasteiger partial charge < -0.3 is 9.84 Å². The van der Waals surface area contributed by atoms with E-state index in [-0.39, 0.29) is 11.3 Å². The van der Waals surface area contributed by atoms with E-state index in [2.05, 4.69) is 4.98 Å². The summed E-state index contributed by atoms with van der Waals surface area (Å²) < 4.78 is 5.44. The van der Waals surface area contributed by atoms with Crippen LogP contribution in [0.3, 0.4) is 0 Å². The number of para-hydroxylation sites is 2. The molecule has 1 aromatic heterocycles. The molecule has 1 amide bonds. The number of carbonyl (C=O) groups excluding carboxylic acids is 2. The third-order valence-corrected chi connectivity index (χ3v) is 5.59. The van der Waals surface area contributed by atoms with Gasteiger partial charge in [0.1, 0.15) is 11.5 Å². The predicted molar refractivity (Wildman–Crippen MR) is 118 cm³/mol. The highest BCUT2D eigenvalue weighted by atomic mass is 16.5. The molecule has 1 fully saturated rings. The first-order valence-electron chi connectivity index (χ1n) is 9.85. The minimum absolute atomic E-state index is 0.0327. The summed E-state index contributed by atoms with van der Waals surface area (Å²) in [5.41, 5.74) is 3.67. The molecule has 1 aliphatic heterocycles. The second-order valence-electron chi connectivity index (χ2n) is 7.42. The predicted octanol–water partition coefficient (Wildman–Crippen LogP) is 4.33. The van der Waals surface area contributed by atoms with E-state index in [1.165, 1.54) is 12.0 Å². The van der Waals surface area contributed by atoms with E-state index in [0.717, 1.165) is 11.1 Å².